The molecule has 0 radical (unpaired) electrons. The molecule has 3 aromatic carbocycles. The molecule has 2 heterocycles. The van der Waals surface area contributed by atoms with Gasteiger partial charge in [-0.3, -0.25) is 9.78 Å². The van der Waals surface area contributed by atoms with Gasteiger partial charge in [-0.15, -0.1) is 0 Å². The number of benzene rings is 3. The van der Waals surface area contributed by atoms with E-state index in [9.17, 15) is 9.18 Å². The van der Waals surface area contributed by atoms with Crippen molar-refractivity contribution in [3.05, 3.63) is 96.4 Å². The summed E-state index contributed by atoms with van der Waals surface area (Å²) in [6.07, 6.45) is 1.78. The van der Waals surface area contributed by atoms with E-state index >= 15 is 0 Å². The zero-order chi connectivity index (χ0) is 21.2. The Kier molecular flexibility index (Phi) is 14.2. The summed E-state index contributed by atoms with van der Waals surface area (Å²) in [5.74, 6) is 0.203. The van der Waals surface area contributed by atoms with Crippen LogP contribution in [0.5, 0.6) is 0 Å². The van der Waals surface area contributed by atoms with Gasteiger partial charge >= 0.3 is 21.1 Å². The van der Waals surface area contributed by atoms with Crippen LogP contribution < -0.4 is 54.9 Å². The third kappa shape index (κ3) is 6.96. The fourth-order valence-corrected chi connectivity index (χ4v) is 3.78. The first-order valence-corrected chi connectivity index (χ1v) is 10.0. The van der Waals surface area contributed by atoms with Gasteiger partial charge in [0.05, 0.1) is 16.6 Å². The van der Waals surface area contributed by atoms with E-state index in [0.29, 0.717) is 18.7 Å². The van der Waals surface area contributed by atoms with E-state index in [1.165, 1.54) is 24.3 Å². The maximum Gasteiger partial charge on any atom is 4.00 e. The molecule has 1 N–H and O–H groups in total. The largest absolute Gasteiger partial charge is 4.00 e. The van der Waals surface area contributed by atoms with Gasteiger partial charge in [-0.25, -0.2) is 9.37 Å². The molecule has 0 aliphatic rings. The molecule has 11 heteroatoms. The zero-order valence-corrected chi connectivity index (χ0v) is 23.7. The molecule has 0 saturated carbocycles. The molecule has 5 rings (SSSR count). The Balaban J connectivity index is 0.00000245. The molecular formula is C25H19Cl4FN4OPt. The minimum atomic E-state index is -0.366. The van der Waals surface area contributed by atoms with Crippen molar-refractivity contribution in [3.8, 4) is 11.4 Å². The molecule has 190 valence electrons. The smallest absolute Gasteiger partial charge is 1.00 e. The van der Waals surface area contributed by atoms with Gasteiger partial charge in [-0.2, -0.15) is 0 Å². The van der Waals surface area contributed by atoms with Gasteiger partial charge in [-0.05, 0) is 48.5 Å². The number of pyridine rings is 1. The second-order valence-corrected chi connectivity index (χ2v) is 7.22. The number of amides is 1. The van der Waals surface area contributed by atoms with Crippen LogP contribution in [-0.2, 0) is 27.6 Å². The predicted molar refractivity (Wildman–Crippen MR) is 119 cm³/mol. The number of carbonyl (C=O) groups excluding carboxylic acids is 1. The summed E-state index contributed by atoms with van der Waals surface area (Å²) in [6, 6.07) is 23.4. The van der Waals surface area contributed by atoms with Crippen LogP contribution in [0.4, 0.5) is 4.39 Å². The first-order valence-electron chi connectivity index (χ1n) is 10.0. The zero-order valence-electron chi connectivity index (χ0n) is 18.5. The number of aromatic nitrogens is 3. The Bertz CT molecular complexity index is 1410. The van der Waals surface area contributed by atoms with E-state index in [1.807, 2.05) is 54.6 Å². The standard InChI is InChI=1S/C25H19FN4O.4ClH.Pt/c26-19-12-10-18(11-13-19)25(31)28-15-16-30-22-9-2-1-8-21(22)29-24(30)20-7-3-5-17-6-4-14-27-23(17)20;;;;;/h1-14H,15-16H2,(H,28,31);4*1H;/q;;;;;+4/p-4. The molecule has 0 saturated heterocycles. The van der Waals surface area contributed by atoms with Gasteiger partial charge in [0.1, 0.15) is 11.6 Å². The Morgan fingerprint density at radius 2 is 1.56 bits per heavy atom. The second kappa shape index (κ2) is 15.1. The number of rotatable bonds is 5. The van der Waals surface area contributed by atoms with Crippen LogP contribution in [-0.4, -0.2) is 27.0 Å². The monoisotopic (exact) mass is 745 g/mol. The molecule has 0 bridgehead atoms. The molecular weight excluding hydrogens is 728 g/mol. The van der Waals surface area contributed by atoms with Crippen LogP contribution >= 0.6 is 0 Å². The van der Waals surface area contributed by atoms with Crippen molar-refractivity contribution in [2.24, 2.45) is 0 Å². The van der Waals surface area contributed by atoms with Crippen molar-refractivity contribution < 1.29 is 79.9 Å². The summed E-state index contributed by atoms with van der Waals surface area (Å²) in [7, 11) is 0. The van der Waals surface area contributed by atoms with E-state index in [0.717, 1.165) is 33.3 Å². The molecule has 0 aliphatic heterocycles. The van der Waals surface area contributed by atoms with Crippen molar-refractivity contribution >= 4 is 27.8 Å². The van der Waals surface area contributed by atoms with Crippen molar-refractivity contribution in [2.45, 2.75) is 6.54 Å². The summed E-state index contributed by atoms with van der Waals surface area (Å²) in [6.45, 7) is 0.938. The van der Waals surface area contributed by atoms with Gasteiger partial charge in [-0.1, -0.05) is 30.3 Å². The second-order valence-electron chi connectivity index (χ2n) is 7.22. The molecule has 1 amide bonds. The van der Waals surface area contributed by atoms with Crippen molar-refractivity contribution in [1.82, 2.24) is 19.9 Å². The number of carbonyl (C=O) groups is 1. The molecule has 36 heavy (non-hydrogen) atoms. The van der Waals surface area contributed by atoms with Gasteiger partial charge in [0.2, 0.25) is 0 Å². The summed E-state index contributed by atoms with van der Waals surface area (Å²) >= 11 is 0. The number of para-hydroxylation sites is 3. The normalized spacial score (nSPS) is 9.58. The average Bonchev–Trinajstić information content (AvgIpc) is 3.17. The van der Waals surface area contributed by atoms with E-state index in [-0.39, 0.29) is 82.4 Å². The van der Waals surface area contributed by atoms with Crippen molar-refractivity contribution in [2.75, 3.05) is 6.54 Å². The van der Waals surface area contributed by atoms with E-state index in [1.54, 1.807) is 6.20 Å². The fourth-order valence-electron chi connectivity index (χ4n) is 3.78. The predicted octanol–water partition coefficient (Wildman–Crippen LogP) is -7.17. The molecule has 5 nitrogen and oxygen atoms in total. The van der Waals surface area contributed by atoms with Gasteiger partial charge < -0.3 is 59.5 Å². The topological polar surface area (TPSA) is 59.8 Å². The number of nitrogens with zero attached hydrogens (tertiary/aromatic N) is 3. The van der Waals surface area contributed by atoms with Gasteiger partial charge in [0, 0.05) is 35.8 Å². The Hall–Kier alpha value is -2.21. The molecule has 2 aromatic heterocycles. The van der Waals surface area contributed by atoms with Gasteiger partial charge in [0.25, 0.3) is 5.91 Å². The Morgan fingerprint density at radius 1 is 0.861 bits per heavy atom. The Labute approximate surface area is 247 Å². The van der Waals surface area contributed by atoms with Crippen molar-refractivity contribution in [1.29, 1.82) is 0 Å². The van der Waals surface area contributed by atoms with Crippen LogP contribution in [0.1, 0.15) is 10.4 Å². The Morgan fingerprint density at radius 3 is 2.31 bits per heavy atom. The van der Waals surface area contributed by atoms with E-state index < -0.39 is 0 Å². The maximum atomic E-state index is 13.1. The third-order valence-electron chi connectivity index (χ3n) is 5.26. The number of nitrogens with one attached hydrogen (secondary N) is 1. The summed E-state index contributed by atoms with van der Waals surface area (Å²) in [5.41, 5.74) is 4.13. The number of fused-ring (bicyclic) bond motifs is 2. The van der Waals surface area contributed by atoms with Crippen LogP contribution in [0.3, 0.4) is 0 Å². The average molecular weight is 747 g/mol. The van der Waals surface area contributed by atoms with Crippen LogP contribution in [0.2, 0.25) is 0 Å². The SMILES string of the molecule is O=C(NCCn1c(-c2cccc3cccnc23)nc2ccccc21)c1ccc(F)cc1.[Cl-].[Cl-].[Cl-].[Cl-].[Pt+4]. The van der Waals surface area contributed by atoms with Crippen molar-refractivity contribution in [3.63, 3.8) is 0 Å². The van der Waals surface area contributed by atoms with Crippen LogP contribution in [0.15, 0.2) is 85.1 Å². The maximum absolute atomic E-state index is 13.1. The summed E-state index contributed by atoms with van der Waals surface area (Å²) in [4.78, 5) is 21.8. The molecule has 0 aliphatic carbocycles. The minimum absolute atomic E-state index is 0. The molecule has 0 fully saturated rings. The third-order valence-corrected chi connectivity index (χ3v) is 5.26. The minimum Gasteiger partial charge on any atom is -1.00 e. The number of hydrogen-bond acceptors (Lipinski definition) is 3. The molecule has 0 spiro atoms. The number of halogens is 5. The summed E-state index contributed by atoms with van der Waals surface area (Å²) in [5, 5.41) is 3.96. The molecule has 0 unspecified atom stereocenters. The number of imidazole rings is 1. The molecule has 0 atom stereocenters. The van der Waals surface area contributed by atoms with Crippen LogP contribution in [0.25, 0.3) is 33.3 Å². The first-order chi connectivity index (χ1) is 15.2. The molecule has 5 aromatic rings. The fraction of sp³-hybridized carbons (Fsp3) is 0.0800. The van der Waals surface area contributed by atoms with Gasteiger partial charge in [0.15, 0.2) is 0 Å². The summed E-state index contributed by atoms with van der Waals surface area (Å²) < 4.78 is 15.2. The first kappa shape index (κ1) is 33.8. The van der Waals surface area contributed by atoms with Crippen LogP contribution in [0, 0.1) is 5.82 Å². The quantitative estimate of drug-likeness (QED) is 0.195. The number of hydrogen-bond donors (Lipinski definition) is 1. The van der Waals surface area contributed by atoms with E-state index in [2.05, 4.69) is 14.9 Å². The van der Waals surface area contributed by atoms with E-state index in [4.69, 9.17) is 4.98 Å².